The van der Waals surface area contributed by atoms with Crippen LogP contribution in [0.1, 0.15) is 63.8 Å². The number of benzene rings is 2. The molecule has 1 unspecified atom stereocenters. The number of rotatable bonds is 12. The lowest BCUT2D eigenvalue weighted by Gasteiger charge is -2.40. The molecule has 202 valence electrons. The number of thioether (sulfide) groups is 1. The second-order valence-electron chi connectivity index (χ2n) is 9.92. The van der Waals surface area contributed by atoms with E-state index in [2.05, 4.69) is 52.9 Å². The maximum absolute atomic E-state index is 12.9. The Bertz CT molecular complexity index is 1170. The van der Waals surface area contributed by atoms with E-state index in [4.69, 9.17) is 0 Å². The van der Waals surface area contributed by atoms with Gasteiger partial charge in [0.1, 0.15) is 5.82 Å². The number of unbranched alkanes of at least 4 members (excludes halogenated alkanes) is 2. The van der Waals surface area contributed by atoms with E-state index < -0.39 is 0 Å². The van der Waals surface area contributed by atoms with Gasteiger partial charge < -0.3 is 9.80 Å². The van der Waals surface area contributed by atoms with E-state index in [1.807, 2.05) is 46.2 Å². The molecule has 1 atom stereocenters. The Hall–Kier alpha value is -3.13. The summed E-state index contributed by atoms with van der Waals surface area (Å²) < 4.78 is 2.12. The van der Waals surface area contributed by atoms with Gasteiger partial charge in [-0.15, -0.1) is 10.2 Å². The second kappa shape index (κ2) is 14.1. The number of amides is 2. The lowest BCUT2D eigenvalue weighted by molar-refractivity contribution is -0.142. The Labute approximate surface area is 230 Å². The standard InChI is InChI=1S/C30H39N5O2S/c1-3-4-7-17-29(37)34-20-19-33(23-24(34)2)28(36)18-12-21-38-30-32-31-27(22-25-13-8-5-9-14-25)35(30)26-15-10-6-11-16-26/h5-6,8-11,13-16,24H,3-4,7,12,17-23H2,1-2H3. The minimum absolute atomic E-state index is 0.0728. The summed E-state index contributed by atoms with van der Waals surface area (Å²) in [6.45, 7) is 6.08. The SMILES string of the molecule is CCCCCC(=O)N1CCN(C(=O)CCCSc2nnc(Cc3ccccc3)n2-c2ccccc2)CC1C. The second-order valence-corrected chi connectivity index (χ2v) is 11.0. The highest BCUT2D eigenvalue weighted by molar-refractivity contribution is 7.99. The Kier molecular flexibility index (Phi) is 10.4. The maximum atomic E-state index is 12.9. The third-order valence-corrected chi connectivity index (χ3v) is 8.00. The third-order valence-electron chi connectivity index (χ3n) is 6.98. The highest BCUT2D eigenvalue weighted by atomic mass is 32.2. The van der Waals surface area contributed by atoms with Gasteiger partial charge in [0.15, 0.2) is 5.16 Å². The van der Waals surface area contributed by atoms with Crippen molar-refractivity contribution in [1.82, 2.24) is 24.6 Å². The van der Waals surface area contributed by atoms with Crippen LogP contribution in [0.3, 0.4) is 0 Å². The van der Waals surface area contributed by atoms with Gasteiger partial charge >= 0.3 is 0 Å². The van der Waals surface area contributed by atoms with Crippen molar-refractivity contribution in [1.29, 1.82) is 0 Å². The molecule has 2 heterocycles. The quantitative estimate of drug-likeness (QED) is 0.231. The Morgan fingerprint density at radius 3 is 2.32 bits per heavy atom. The number of nitrogens with zero attached hydrogens (tertiary/aromatic N) is 5. The minimum atomic E-state index is 0.0728. The fraction of sp³-hybridized carbons (Fsp3) is 0.467. The zero-order chi connectivity index (χ0) is 26.7. The Morgan fingerprint density at radius 2 is 1.61 bits per heavy atom. The van der Waals surface area contributed by atoms with Gasteiger partial charge in [0.05, 0.1) is 0 Å². The molecule has 0 spiro atoms. The average molecular weight is 534 g/mol. The van der Waals surface area contributed by atoms with Gasteiger partial charge in [-0.2, -0.15) is 0 Å². The number of para-hydroxylation sites is 1. The summed E-state index contributed by atoms with van der Waals surface area (Å²) >= 11 is 1.64. The normalized spacial score (nSPS) is 15.6. The molecule has 4 rings (SSSR count). The Balaban J connectivity index is 1.29. The fourth-order valence-electron chi connectivity index (χ4n) is 4.89. The first-order valence-corrected chi connectivity index (χ1v) is 14.8. The summed E-state index contributed by atoms with van der Waals surface area (Å²) in [6, 6.07) is 20.6. The lowest BCUT2D eigenvalue weighted by Crippen LogP contribution is -2.55. The smallest absolute Gasteiger partial charge is 0.222 e. The summed E-state index contributed by atoms with van der Waals surface area (Å²) in [5.41, 5.74) is 2.23. The molecule has 1 aliphatic heterocycles. The predicted octanol–water partition coefficient (Wildman–Crippen LogP) is 5.37. The summed E-state index contributed by atoms with van der Waals surface area (Å²) in [4.78, 5) is 29.3. The molecular weight excluding hydrogens is 494 g/mol. The molecule has 0 bridgehead atoms. The van der Waals surface area contributed by atoms with Gasteiger partial charge in [0.2, 0.25) is 11.8 Å². The number of piperazine rings is 1. The van der Waals surface area contributed by atoms with Crippen molar-refractivity contribution >= 4 is 23.6 Å². The van der Waals surface area contributed by atoms with E-state index in [-0.39, 0.29) is 17.9 Å². The fourth-order valence-corrected chi connectivity index (χ4v) is 5.80. The molecule has 1 aliphatic rings. The maximum Gasteiger partial charge on any atom is 0.222 e. The molecule has 3 aromatic rings. The van der Waals surface area contributed by atoms with Crippen molar-refractivity contribution in [2.75, 3.05) is 25.4 Å². The third kappa shape index (κ3) is 7.47. The van der Waals surface area contributed by atoms with Crippen molar-refractivity contribution in [3.8, 4) is 5.69 Å². The summed E-state index contributed by atoms with van der Waals surface area (Å²) in [5, 5.41) is 9.86. The van der Waals surface area contributed by atoms with Gasteiger partial charge in [-0.1, -0.05) is 80.1 Å². The van der Waals surface area contributed by atoms with Crippen LogP contribution >= 0.6 is 11.8 Å². The highest BCUT2D eigenvalue weighted by Gasteiger charge is 2.29. The molecule has 8 heteroatoms. The number of aromatic nitrogens is 3. The van der Waals surface area contributed by atoms with Crippen molar-refractivity contribution in [3.05, 3.63) is 72.1 Å². The van der Waals surface area contributed by atoms with Crippen LogP contribution in [0.5, 0.6) is 0 Å². The van der Waals surface area contributed by atoms with Crippen LogP contribution in [0, 0.1) is 0 Å². The van der Waals surface area contributed by atoms with Crippen molar-refractivity contribution in [3.63, 3.8) is 0 Å². The van der Waals surface area contributed by atoms with Crippen molar-refractivity contribution in [2.24, 2.45) is 0 Å². The van der Waals surface area contributed by atoms with Gasteiger partial charge in [-0.05, 0) is 37.5 Å². The zero-order valence-corrected chi connectivity index (χ0v) is 23.4. The van der Waals surface area contributed by atoms with Crippen LogP contribution in [0.2, 0.25) is 0 Å². The lowest BCUT2D eigenvalue weighted by atomic mass is 10.1. The molecule has 1 aromatic heterocycles. The largest absolute Gasteiger partial charge is 0.339 e. The van der Waals surface area contributed by atoms with Crippen LogP contribution in [0.15, 0.2) is 65.8 Å². The van der Waals surface area contributed by atoms with Crippen molar-refractivity contribution < 1.29 is 9.59 Å². The van der Waals surface area contributed by atoms with Gasteiger partial charge in [-0.25, -0.2) is 0 Å². The molecule has 38 heavy (non-hydrogen) atoms. The highest BCUT2D eigenvalue weighted by Crippen LogP contribution is 2.25. The molecule has 2 amide bonds. The van der Waals surface area contributed by atoms with Crippen LogP contribution in [0.4, 0.5) is 0 Å². The monoisotopic (exact) mass is 533 g/mol. The summed E-state index contributed by atoms with van der Waals surface area (Å²) in [7, 11) is 0. The zero-order valence-electron chi connectivity index (χ0n) is 22.6. The first-order valence-electron chi connectivity index (χ1n) is 13.8. The number of carbonyl (C=O) groups excluding carboxylic acids is 2. The van der Waals surface area contributed by atoms with Crippen LogP contribution < -0.4 is 0 Å². The van der Waals surface area contributed by atoms with Crippen molar-refractivity contribution in [2.45, 2.75) is 70.0 Å². The van der Waals surface area contributed by atoms with Crippen LogP contribution in [-0.4, -0.2) is 67.8 Å². The molecule has 0 radical (unpaired) electrons. The predicted molar refractivity (Wildman–Crippen MR) is 152 cm³/mol. The van der Waals surface area contributed by atoms with E-state index in [1.54, 1.807) is 11.8 Å². The number of hydrogen-bond acceptors (Lipinski definition) is 5. The molecular formula is C30H39N5O2S. The first-order chi connectivity index (χ1) is 18.6. The van der Waals surface area contributed by atoms with E-state index in [0.717, 1.165) is 48.1 Å². The summed E-state index contributed by atoms with van der Waals surface area (Å²) in [5.74, 6) is 2.08. The van der Waals surface area contributed by atoms with E-state index in [0.29, 0.717) is 38.9 Å². The first kappa shape index (κ1) is 27.9. The molecule has 0 saturated carbocycles. The molecule has 1 fully saturated rings. The molecule has 1 saturated heterocycles. The van der Waals surface area contributed by atoms with Gasteiger partial charge in [0, 0.05) is 56.4 Å². The van der Waals surface area contributed by atoms with Crippen LogP contribution in [0.25, 0.3) is 5.69 Å². The minimum Gasteiger partial charge on any atom is -0.339 e. The molecule has 0 N–H and O–H groups in total. The van der Waals surface area contributed by atoms with E-state index >= 15 is 0 Å². The summed E-state index contributed by atoms with van der Waals surface area (Å²) in [6.07, 6.45) is 5.74. The molecule has 2 aromatic carbocycles. The molecule has 0 aliphatic carbocycles. The van der Waals surface area contributed by atoms with Gasteiger partial charge in [0.25, 0.3) is 0 Å². The average Bonchev–Trinajstić information content (AvgIpc) is 3.34. The number of hydrogen-bond donors (Lipinski definition) is 0. The van der Waals surface area contributed by atoms with Gasteiger partial charge in [-0.3, -0.25) is 14.2 Å². The number of carbonyl (C=O) groups is 2. The van der Waals surface area contributed by atoms with E-state index in [9.17, 15) is 9.59 Å². The topological polar surface area (TPSA) is 71.3 Å². The van der Waals surface area contributed by atoms with E-state index in [1.165, 1.54) is 5.56 Å². The van der Waals surface area contributed by atoms with Crippen LogP contribution in [-0.2, 0) is 16.0 Å². The Morgan fingerprint density at radius 1 is 0.895 bits per heavy atom. The molecule has 7 nitrogen and oxygen atoms in total.